The predicted molar refractivity (Wildman–Crippen MR) is 117 cm³/mol. The second kappa shape index (κ2) is 9.85. The molecule has 1 unspecified atom stereocenters. The molecule has 2 aromatic rings. The van der Waals surface area contributed by atoms with E-state index < -0.39 is 37.1 Å². The standard InChI is InChI=1S/C16H12Cl3N5O5S/c17-16(18,19)14(22-15(30)20-10-4-2-1-3-5-10)21-13(25)9-6-11(23(26)27)8-12(7-9)24(28)29/h1-8,14H,(H,21,25)(H2,20,22,30). The summed E-state index contributed by atoms with van der Waals surface area (Å²) in [5.41, 5.74) is -1.04. The van der Waals surface area contributed by atoms with Gasteiger partial charge in [0.25, 0.3) is 17.3 Å². The number of benzene rings is 2. The van der Waals surface area contributed by atoms with Gasteiger partial charge in [0.2, 0.25) is 3.79 Å². The van der Waals surface area contributed by atoms with Crippen molar-refractivity contribution >= 4 is 75.1 Å². The normalized spacial score (nSPS) is 11.8. The van der Waals surface area contributed by atoms with E-state index in [4.69, 9.17) is 47.0 Å². The van der Waals surface area contributed by atoms with Gasteiger partial charge in [-0.2, -0.15) is 0 Å². The minimum Gasteiger partial charge on any atom is -0.339 e. The van der Waals surface area contributed by atoms with Gasteiger partial charge in [-0.15, -0.1) is 0 Å². The Morgan fingerprint density at radius 1 is 0.967 bits per heavy atom. The number of hydrogen-bond acceptors (Lipinski definition) is 6. The zero-order chi connectivity index (χ0) is 22.5. The van der Waals surface area contributed by atoms with E-state index in [-0.39, 0.29) is 10.7 Å². The summed E-state index contributed by atoms with van der Waals surface area (Å²) < 4.78 is -2.09. The van der Waals surface area contributed by atoms with Gasteiger partial charge in [-0.1, -0.05) is 53.0 Å². The number of carbonyl (C=O) groups is 1. The summed E-state index contributed by atoms with van der Waals surface area (Å²) in [5, 5.41) is 29.7. The van der Waals surface area contributed by atoms with Crippen LogP contribution in [0.15, 0.2) is 48.5 Å². The number of nitro groups is 2. The van der Waals surface area contributed by atoms with E-state index in [2.05, 4.69) is 16.0 Å². The Balaban J connectivity index is 2.22. The van der Waals surface area contributed by atoms with Crippen LogP contribution in [0.5, 0.6) is 0 Å². The summed E-state index contributed by atoms with van der Waals surface area (Å²) in [6.45, 7) is 0. The van der Waals surface area contributed by atoms with E-state index >= 15 is 0 Å². The summed E-state index contributed by atoms with van der Waals surface area (Å²) in [4.78, 5) is 32.8. The van der Waals surface area contributed by atoms with Gasteiger partial charge in [-0.25, -0.2) is 0 Å². The van der Waals surface area contributed by atoms with E-state index in [0.717, 1.165) is 18.2 Å². The molecule has 1 amide bonds. The van der Waals surface area contributed by atoms with Crippen molar-refractivity contribution in [2.45, 2.75) is 9.96 Å². The molecular weight excluding hydrogens is 481 g/mol. The molecule has 0 aliphatic rings. The Hall–Kier alpha value is -2.73. The number of halogens is 3. The molecule has 0 heterocycles. The van der Waals surface area contributed by atoms with Gasteiger partial charge in [0, 0.05) is 17.8 Å². The monoisotopic (exact) mass is 491 g/mol. The minimum atomic E-state index is -2.09. The highest BCUT2D eigenvalue weighted by molar-refractivity contribution is 7.80. The molecule has 0 spiro atoms. The number of para-hydroxylation sites is 1. The molecule has 0 saturated carbocycles. The van der Waals surface area contributed by atoms with Gasteiger partial charge in [0.15, 0.2) is 5.11 Å². The average Bonchev–Trinajstić information content (AvgIpc) is 2.66. The lowest BCUT2D eigenvalue weighted by Gasteiger charge is -2.27. The van der Waals surface area contributed by atoms with Crippen LogP contribution in [0.2, 0.25) is 0 Å². The van der Waals surface area contributed by atoms with Crippen LogP contribution in [0, 0.1) is 20.2 Å². The predicted octanol–water partition coefficient (Wildman–Crippen LogP) is 3.92. The first-order valence-electron chi connectivity index (χ1n) is 7.91. The molecule has 0 aromatic heterocycles. The van der Waals surface area contributed by atoms with Crippen molar-refractivity contribution in [2.75, 3.05) is 5.32 Å². The number of amides is 1. The van der Waals surface area contributed by atoms with Gasteiger partial charge < -0.3 is 16.0 Å². The van der Waals surface area contributed by atoms with Crippen molar-refractivity contribution in [1.82, 2.24) is 10.6 Å². The number of hydrogen-bond donors (Lipinski definition) is 3. The summed E-state index contributed by atoms with van der Waals surface area (Å²) in [7, 11) is 0. The Morgan fingerprint density at radius 3 is 1.97 bits per heavy atom. The van der Waals surface area contributed by atoms with E-state index in [1.54, 1.807) is 30.3 Å². The number of rotatable bonds is 6. The molecule has 158 valence electrons. The fraction of sp³-hybridized carbons (Fsp3) is 0.125. The molecule has 2 rings (SSSR count). The van der Waals surface area contributed by atoms with Crippen LogP contribution in [0.1, 0.15) is 10.4 Å². The first-order chi connectivity index (χ1) is 14.0. The molecule has 3 N–H and O–H groups in total. The summed E-state index contributed by atoms with van der Waals surface area (Å²) in [5.74, 6) is -0.965. The molecule has 10 nitrogen and oxygen atoms in total. The third-order valence-electron chi connectivity index (χ3n) is 3.50. The number of nitrogens with zero attached hydrogens (tertiary/aromatic N) is 2. The SMILES string of the molecule is O=C(NC(NC(=S)Nc1ccccc1)C(Cl)(Cl)Cl)c1cc([N+](=O)[O-])cc([N+](=O)[O-])c1. The fourth-order valence-corrected chi connectivity index (χ4v) is 2.73. The van der Waals surface area contributed by atoms with Crippen molar-refractivity contribution in [3.8, 4) is 0 Å². The molecule has 0 saturated heterocycles. The van der Waals surface area contributed by atoms with Gasteiger partial charge in [0.05, 0.1) is 21.5 Å². The van der Waals surface area contributed by atoms with Gasteiger partial charge in [-0.05, 0) is 24.4 Å². The second-order valence-electron chi connectivity index (χ2n) is 5.66. The maximum Gasteiger partial charge on any atom is 0.277 e. The first kappa shape index (κ1) is 23.5. The molecule has 0 fully saturated rings. The zero-order valence-corrected chi connectivity index (χ0v) is 17.8. The average molecular weight is 493 g/mol. The van der Waals surface area contributed by atoms with E-state index in [0.29, 0.717) is 5.69 Å². The number of non-ortho nitro benzene ring substituents is 2. The number of nitro benzene ring substituents is 2. The molecule has 0 bridgehead atoms. The van der Waals surface area contributed by atoms with Crippen LogP contribution < -0.4 is 16.0 Å². The Kier molecular flexibility index (Phi) is 7.73. The topological polar surface area (TPSA) is 139 Å². The van der Waals surface area contributed by atoms with Gasteiger partial charge in [0.1, 0.15) is 6.17 Å². The molecule has 14 heteroatoms. The molecule has 2 aromatic carbocycles. The Bertz CT molecular complexity index is 955. The van der Waals surface area contributed by atoms with E-state index in [1.165, 1.54) is 0 Å². The number of alkyl halides is 3. The lowest BCUT2D eigenvalue weighted by atomic mass is 10.1. The largest absolute Gasteiger partial charge is 0.339 e. The van der Waals surface area contributed by atoms with E-state index in [9.17, 15) is 25.0 Å². The third-order valence-corrected chi connectivity index (χ3v) is 4.37. The number of carbonyl (C=O) groups excluding carboxylic acids is 1. The van der Waals surface area contributed by atoms with Gasteiger partial charge >= 0.3 is 0 Å². The third kappa shape index (κ3) is 6.66. The second-order valence-corrected chi connectivity index (χ2v) is 8.44. The number of anilines is 1. The number of nitrogens with one attached hydrogen (secondary N) is 3. The van der Waals surface area contributed by atoms with Crippen molar-refractivity contribution in [3.05, 3.63) is 74.3 Å². The molecule has 0 aliphatic carbocycles. The van der Waals surface area contributed by atoms with Crippen molar-refractivity contribution in [3.63, 3.8) is 0 Å². The molecule has 30 heavy (non-hydrogen) atoms. The molecule has 0 aliphatic heterocycles. The molecular formula is C16H12Cl3N5O5S. The van der Waals surface area contributed by atoms with Crippen LogP contribution in [-0.2, 0) is 0 Å². The van der Waals surface area contributed by atoms with Crippen LogP contribution in [0.25, 0.3) is 0 Å². The maximum absolute atomic E-state index is 12.6. The summed E-state index contributed by atoms with van der Waals surface area (Å²) in [6, 6.07) is 11.2. The highest BCUT2D eigenvalue weighted by atomic mass is 35.6. The Labute approximate surface area is 189 Å². The maximum atomic E-state index is 12.6. The Morgan fingerprint density at radius 2 is 1.50 bits per heavy atom. The van der Waals surface area contributed by atoms with Crippen LogP contribution in [0.4, 0.5) is 17.1 Å². The smallest absolute Gasteiger partial charge is 0.277 e. The zero-order valence-electron chi connectivity index (χ0n) is 14.7. The highest BCUT2D eigenvalue weighted by Crippen LogP contribution is 2.30. The fourth-order valence-electron chi connectivity index (χ4n) is 2.17. The van der Waals surface area contributed by atoms with Crippen molar-refractivity contribution < 1.29 is 14.6 Å². The van der Waals surface area contributed by atoms with Gasteiger partial charge in [-0.3, -0.25) is 25.0 Å². The van der Waals surface area contributed by atoms with Crippen LogP contribution in [0.3, 0.4) is 0 Å². The first-order valence-corrected chi connectivity index (χ1v) is 9.45. The number of thiocarbonyl (C=S) groups is 1. The lowest BCUT2D eigenvalue weighted by molar-refractivity contribution is -0.394. The van der Waals surface area contributed by atoms with E-state index in [1.807, 2.05) is 0 Å². The highest BCUT2D eigenvalue weighted by Gasteiger charge is 2.35. The lowest BCUT2D eigenvalue weighted by Crippen LogP contribution is -2.56. The quantitative estimate of drug-likeness (QED) is 0.181. The summed E-state index contributed by atoms with van der Waals surface area (Å²) >= 11 is 22.8. The van der Waals surface area contributed by atoms with Crippen LogP contribution in [-0.4, -0.2) is 30.8 Å². The molecule has 0 radical (unpaired) electrons. The van der Waals surface area contributed by atoms with Crippen LogP contribution >= 0.6 is 47.0 Å². The summed E-state index contributed by atoms with van der Waals surface area (Å²) in [6.07, 6.45) is -1.38. The van der Waals surface area contributed by atoms with Crippen molar-refractivity contribution in [1.29, 1.82) is 0 Å². The molecule has 1 atom stereocenters. The minimum absolute atomic E-state index is 0.00264. The van der Waals surface area contributed by atoms with Crippen molar-refractivity contribution in [2.24, 2.45) is 0 Å².